The van der Waals surface area contributed by atoms with Crippen molar-refractivity contribution in [2.45, 2.75) is 38.7 Å². The van der Waals surface area contributed by atoms with Crippen molar-refractivity contribution in [3.63, 3.8) is 0 Å². The molecule has 0 aliphatic heterocycles. The molecule has 7 heteroatoms. The molecular weight excluding hydrogens is 436 g/mol. The lowest BCUT2D eigenvalue weighted by Crippen LogP contribution is -2.36. The monoisotopic (exact) mass is 460 g/mol. The van der Waals surface area contributed by atoms with Crippen molar-refractivity contribution in [1.29, 1.82) is 0 Å². The highest BCUT2D eigenvalue weighted by Crippen LogP contribution is 2.54. The quantitative estimate of drug-likeness (QED) is 0.319. The number of phenols is 5. The van der Waals surface area contributed by atoms with Gasteiger partial charge in [0, 0.05) is 28.7 Å². The molecule has 1 unspecified atom stereocenters. The van der Waals surface area contributed by atoms with Gasteiger partial charge in [0.2, 0.25) is 0 Å². The maximum Gasteiger partial charge on any atom is 0.196 e. The summed E-state index contributed by atoms with van der Waals surface area (Å²) in [6, 6.07) is 8.12. The highest BCUT2D eigenvalue weighted by molar-refractivity contribution is 6.15. The Balaban J connectivity index is 1.79. The van der Waals surface area contributed by atoms with Crippen LogP contribution in [0.1, 0.15) is 52.6 Å². The topological polar surface area (TPSA) is 138 Å². The normalized spacial score (nSPS) is 18.4. The van der Waals surface area contributed by atoms with E-state index in [1.807, 2.05) is 13.8 Å². The molecule has 7 nitrogen and oxygen atoms in total. The molecule has 34 heavy (non-hydrogen) atoms. The molecule has 0 saturated heterocycles. The number of carbonyl (C=O) groups is 1. The van der Waals surface area contributed by atoms with Crippen molar-refractivity contribution in [2.75, 3.05) is 0 Å². The SMILES string of the molecule is Cc1cc(O)cc(O)c1-c1cc(O)cc2c1C(O)C1=C(C2)C(C)(C)c2cc(O)cc(O)c2C1=O. The Bertz CT molecular complexity index is 1420. The fraction of sp³-hybridized carbons (Fsp3) is 0.222. The van der Waals surface area contributed by atoms with Gasteiger partial charge >= 0.3 is 0 Å². The third-order valence-electron chi connectivity index (χ3n) is 7.06. The van der Waals surface area contributed by atoms with Gasteiger partial charge in [-0.05, 0) is 71.0 Å². The van der Waals surface area contributed by atoms with Crippen molar-refractivity contribution in [3.8, 4) is 39.9 Å². The fourth-order valence-electron chi connectivity index (χ4n) is 5.53. The summed E-state index contributed by atoms with van der Waals surface area (Å²) in [6.45, 7) is 5.38. The first kappa shape index (κ1) is 21.9. The summed E-state index contributed by atoms with van der Waals surface area (Å²) in [7, 11) is 0. The zero-order valence-corrected chi connectivity index (χ0v) is 18.8. The summed E-state index contributed by atoms with van der Waals surface area (Å²) in [5, 5.41) is 63.1. The molecule has 0 aromatic heterocycles. The summed E-state index contributed by atoms with van der Waals surface area (Å²) in [4.78, 5) is 13.6. The molecule has 3 aromatic rings. The van der Waals surface area contributed by atoms with E-state index < -0.39 is 17.3 Å². The average Bonchev–Trinajstić information content (AvgIpc) is 2.70. The predicted octanol–water partition coefficient (Wildman–Crippen LogP) is 4.25. The number of fused-ring (bicyclic) bond motifs is 2. The number of aliphatic hydroxyl groups excluding tert-OH is 1. The summed E-state index contributed by atoms with van der Waals surface area (Å²) in [5.74, 6) is -1.51. The Morgan fingerprint density at radius 2 is 1.41 bits per heavy atom. The molecule has 2 aliphatic rings. The van der Waals surface area contributed by atoms with Crippen LogP contribution in [0, 0.1) is 6.92 Å². The first-order valence-corrected chi connectivity index (χ1v) is 10.8. The number of allylic oxidation sites excluding steroid dienone is 1. The zero-order chi connectivity index (χ0) is 24.7. The second-order valence-corrected chi connectivity index (χ2v) is 9.54. The van der Waals surface area contributed by atoms with Crippen molar-refractivity contribution >= 4 is 5.78 Å². The van der Waals surface area contributed by atoms with E-state index in [1.165, 1.54) is 30.3 Å². The number of carbonyl (C=O) groups excluding carboxylic acids is 1. The highest BCUT2D eigenvalue weighted by Gasteiger charge is 2.46. The summed E-state index contributed by atoms with van der Waals surface area (Å²) in [6.07, 6.45) is -1.16. The standard InChI is InChI=1S/C27H24O7/c1-11-4-13(28)9-19(31)21(11)16-7-14(29)5-12-6-17-24(25(33)22(12)16)26(34)23-18(27(17,2)3)8-15(30)10-20(23)32/h4-5,7-10,25,28-33H,6H2,1-3H3. The van der Waals surface area contributed by atoms with E-state index in [4.69, 9.17) is 0 Å². The molecule has 0 radical (unpaired) electrons. The number of aryl methyl sites for hydroxylation is 1. The Morgan fingerprint density at radius 1 is 0.824 bits per heavy atom. The van der Waals surface area contributed by atoms with Crippen LogP contribution in [0.15, 0.2) is 47.5 Å². The van der Waals surface area contributed by atoms with E-state index in [9.17, 15) is 35.4 Å². The van der Waals surface area contributed by atoms with Crippen LogP contribution < -0.4 is 0 Å². The second-order valence-electron chi connectivity index (χ2n) is 9.54. The third kappa shape index (κ3) is 2.90. The minimum absolute atomic E-state index is 0.0352. The lowest BCUT2D eigenvalue weighted by Gasteiger charge is -2.41. The number of hydrogen-bond donors (Lipinski definition) is 6. The lowest BCUT2D eigenvalue weighted by molar-refractivity contribution is 0.0967. The van der Waals surface area contributed by atoms with Crippen molar-refractivity contribution < 1.29 is 35.4 Å². The Morgan fingerprint density at radius 3 is 2.06 bits per heavy atom. The van der Waals surface area contributed by atoms with E-state index in [-0.39, 0.29) is 46.3 Å². The van der Waals surface area contributed by atoms with Crippen LogP contribution in [0.25, 0.3) is 11.1 Å². The van der Waals surface area contributed by atoms with Gasteiger partial charge in [-0.2, -0.15) is 0 Å². The predicted molar refractivity (Wildman–Crippen MR) is 124 cm³/mol. The van der Waals surface area contributed by atoms with Gasteiger partial charge in [-0.3, -0.25) is 4.79 Å². The molecule has 0 spiro atoms. The number of aromatic hydroxyl groups is 5. The number of Topliss-reactive ketones (excluding diaryl/α,β-unsaturated/α-hetero) is 1. The molecule has 0 bridgehead atoms. The number of phenolic OH excluding ortho intramolecular Hbond substituents is 5. The van der Waals surface area contributed by atoms with Gasteiger partial charge < -0.3 is 30.6 Å². The maximum atomic E-state index is 13.6. The minimum atomic E-state index is -1.39. The molecular formula is C27H24O7. The van der Waals surface area contributed by atoms with Crippen LogP contribution in [0.2, 0.25) is 0 Å². The van der Waals surface area contributed by atoms with E-state index in [1.54, 1.807) is 6.92 Å². The summed E-state index contributed by atoms with van der Waals surface area (Å²) in [5.41, 5.74) is 2.57. The largest absolute Gasteiger partial charge is 0.508 e. The van der Waals surface area contributed by atoms with Crippen LogP contribution in [0.3, 0.4) is 0 Å². The minimum Gasteiger partial charge on any atom is -0.508 e. The Hall–Kier alpha value is -3.97. The smallest absolute Gasteiger partial charge is 0.196 e. The maximum absolute atomic E-state index is 13.6. The molecule has 174 valence electrons. The molecule has 3 aromatic carbocycles. The van der Waals surface area contributed by atoms with Crippen LogP contribution in [0.5, 0.6) is 28.7 Å². The van der Waals surface area contributed by atoms with Crippen LogP contribution in [-0.2, 0) is 11.8 Å². The molecule has 0 amide bonds. The average molecular weight is 460 g/mol. The van der Waals surface area contributed by atoms with Crippen molar-refractivity contribution in [1.82, 2.24) is 0 Å². The highest BCUT2D eigenvalue weighted by atomic mass is 16.3. The number of hydrogen-bond acceptors (Lipinski definition) is 7. The summed E-state index contributed by atoms with van der Waals surface area (Å²) < 4.78 is 0. The van der Waals surface area contributed by atoms with Crippen LogP contribution in [0.4, 0.5) is 0 Å². The Kier molecular flexibility index (Phi) is 4.51. The molecule has 5 rings (SSSR count). The number of aliphatic hydroxyl groups is 1. The molecule has 2 aliphatic carbocycles. The van der Waals surface area contributed by atoms with E-state index in [0.29, 0.717) is 39.0 Å². The lowest BCUT2D eigenvalue weighted by atomic mass is 9.62. The van der Waals surface area contributed by atoms with Gasteiger partial charge in [-0.15, -0.1) is 0 Å². The van der Waals surface area contributed by atoms with Gasteiger partial charge in [0.25, 0.3) is 0 Å². The molecule has 0 saturated carbocycles. The van der Waals surface area contributed by atoms with Gasteiger partial charge in [0.1, 0.15) is 34.9 Å². The molecule has 0 heterocycles. The fourth-order valence-corrected chi connectivity index (χ4v) is 5.53. The van der Waals surface area contributed by atoms with E-state index in [0.717, 1.165) is 6.07 Å². The molecule has 0 fully saturated rings. The van der Waals surface area contributed by atoms with Crippen LogP contribution in [-0.4, -0.2) is 36.4 Å². The molecule has 1 atom stereocenters. The van der Waals surface area contributed by atoms with Gasteiger partial charge in [-0.25, -0.2) is 0 Å². The second kappa shape index (κ2) is 7.01. The number of ketones is 1. The van der Waals surface area contributed by atoms with Crippen molar-refractivity contribution in [2.24, 2.45) is 0 Å². The third-order valence-corrected chi connectivity index (χ3v) is 7.06. The molecule has 6 N–H and O–H groups in total. The first-order chi connectivity index (χ1) is 15.9. The van der Waals surface area contributed by atoms with Gasteiger partial charge in [0.15, 0.2) is 5.78 Å². The zero-order valence-electron chi connectivity index (χ0n) is 18.8. The Labute approximate surface area is 195 Å². The van der Waals surface area contributed by atoms with Gasteiger partial charge in [-0.1, -0.05) is 13.8 Å². The van der Waals surface area contributed by atoms with E-state index >= 15 is 0 Å². The van der Waals surface area contributed by atoms with Crippen LogP contribution >= 0.6 is 0 Å². The van der Waals surface area contributed by atoms with Crippen molar-refractivity contribution in [3.05, 3.63) is 75.4 Å². The number of benzene rings is 3. The van der Waals surface area contributed by atoms with Gasteiger partial charge in [0.05, 0.1) is 5.56 Å². The van der Waals surface area contributed by atoms with E-state index in [2.05, 4.69) is 0 Å². The summed E-state index contributed by atoms with van der Waals surface area (Å²) >= 11 is 0. The first-order valence-electron chi connectivity index (χ1n) is 10.8. The number of rotatable bonds is 1.